The molecular weight excluding hydrogens is 348 g/mol. The summed E-state index contributed by atoms with van der Waals surface area (Å²) in [6, 6.07) is 13.1. The van der Waals surface area contributed by atoms with Crippen molar-refractivity contribution in [1.82, 2.24) is 14.6 Å². The average Bonchev–Trinajstić information content (AvgIpc) is 3.22. The van der Waals surface area contributed by atoms with Crippen LogP contribution >= 0.6 is 0 Å². The number of nitrogen functional groups attached to an aromatic ring is 1. The van der Waals surface area contributed by atoms with Gasteiger partial charge in [0, 0.05) is 5.92 Å². The minimum absolute atomic E-state index is 0.227. The number of fused-ring (bicyclic) bond motifs is 1. The van der Waals surface area contributed by atoms with Crippen molar-refractivity contribution >= 4 is 11.3 Å². The Morgan fingerprint density at radius 1 is 1.26 bits per heavy atom. The Labute approximate surface area is 156 Å². The standard InChI is InChI=1S/C19H22N4O4/c1-12-15(9-24)27-19(25,17(12)26-10-13-5-3-2-4-6-13)16-8-7-14-18(20)21-11-22-23(14)16/h2-8,11-12,15,17,24-25H,9-10H2,1H3,(H2,20,21,22)/t12-,15-,17-,19+/m1/s1. The monoisotopic (exact) mass is 370 g/mol. The Morgan fingerprint density at radius 3 is 2.78 bits per heavy atom. The van der Waals surface area contributed by atoms with Crippen LogP contribution in [0.2, 0.25) is 0 Å². The van der Waals surface area contributed by atoms with Gasteiger partial charge in [-0.2, -0.15) is 5.10 Å². The molecule has 8 heteroatoms. The third kappa shape index (κ3) is 2.96. The molecule has 3 aromatic rings. The number of nitrogens with zero attached hydrogens (tertiary/aromatic N) is 3. The van der Waals surface area contributed by atoms with Gasteiger partial charge in [0.15, 0.2) is 5.82 Å². The lowest BCUT2D eigenvalue weighted by atomic mass is 9.94. The Bertz CT molecular complexity index is 932. The minimum atomic E-state index is -1.78. The molecule has 0 spiro atoms. The van der Waals surface area contributed by atoms with Crippen LogP contribution in [0.15, 0.2) is 48.8 Å². The molecule has 2 aromatic heterocycles. The number of nitrogens with two attached hydrogens (primary N) is 1. The van der Waals surface area contributed by atoms with Crippen molar-refractivity contribution < 1.29 is 19.7 Å². The molecule has 1 aromatic carbocycles. The summed E-state index contributed by atoms with van der Waals surface area (Å²) in [5.41, 5.74) is 7.82. The predicted molar refractivity (Wildman–Crippen MR) is 97.4 cm³/mol. The van der Waals surface area contributed by atoms with Gasteiger partial charge in [-0.05, 0) is 17.7 Å². The summed E-state index contributed by atoms with van der Waals surface area (Å²) in [5.74, 6) is -1.73. The van der Waals surface area contributed by atoms with Crippen molar-refractivity contribution in [2.45, 2.75) is 31.5 Å². The van der Waals surface area contributed by atoms with Crippen LogP contribution < -0.4 is 5.73 Å². The molecule has 0 amide bonds. The second-order valence-electron chi connectivity index (χ2n) is 6.77. The smallest absolute Gasteiger partial charge is 0.237 e. The topological polar surface area (TPSA) is 115 Å². The first kappa shape index (κ1) is 17.9. The summed E-state index contributed by atoms with van der Waals surface area (Å²) >= 11 is 0. The van der Waals surface area contributed by atoms with Crippen LogP contribution in [0.5, 0.6) is 0 Å². The molecule has 3 heterocycles. The maximum absolute atomic E-state index is 11.5. The molecule has 27 heavy (non-hydrogen) atoms. The Morgan fingerprint density at radius 2 is 2.04 bits per heavy atom. The molecular formula is C19H22N4O4. The van der Waals surface area contributed by atoms with Crippen LogP contribution in [0, 0.1) is 5.92 Å². The van der Waals surface area contributed by atoms with Crippen LogP contribution in [0.1, 0.15) is 18.2 Å². The fourth-order valence-electron chi connectivity index (χ4n) is 3.62. The molecule has 0 bridgehead atoms. The molecule has 0 aliphatic carbocycles. The van der Waals surface area contributed by atoms with Gasteiger partial charge in [-0.15, -0.1) is 0 Å². The lowest BCUT2D eigenvalue weighted by Gasteiger charge is -2.29. The zero-order valence-electron chi connectivity index (χ0n) is 14.9. The number of aliphatic hydroxyl groups is 2. The number of aliphatic hydroxyl groups excluding tert-OH is 1. The van der Waals surface area contributed by atoms with E-state index in [2.05, 4.69) is 10.1 Å². The summed E-state index contributed by atoms with van der Waals surface area (Å²) in [7, 11) is 0. The van der Waals surface area contributed by atoms with Gasteiger partial charge in [0.2, 0.25) is 5.79 Å². The fraction of sp³-hybridized carbons (Fsp3) is 0.368. The van der Waals surface area contributed by atoms with Gasteiger partial charge >= 0.3 is 0 Å². The Balaban J connectivity index is 1.71. The highest BCUT2D eigenvalue weighted by atomic mass is 16.7. The predicted octanol–water partition coefficient (Wildman–Crippen LogP) is 1.07. The second kappa shape index (κ2) is 6.90. The molecule has 1 aliphatic heterocycles. The van der Waals surface area contributed by atoms with Crippen molar-refractivity contribution in [1.29, 1.82) is 0 Å². The number of rotatable bonds is 5. The van der Waals surface area contributed by atoms with E-state index in [1.54, 1.807) is 12.1 Å². The number of hydrogen-bond donors (Lipinski definition) is 3. The molecule has 0 radical (unpaired) electrons. The number of ether oxygens (including phenoxy) is 2. The summed E-state index contributed by atoms with van der Waals surface area (Å²) in [6.07, 6.45) is 0.0429. The average molecular weight is 370 g/mol. The van der Waals surface area contributed by atoms with Gasteiger partial charge < -0.3 is 25.4 Å². The molecule has 0 saturated carbocycles. The van der Waals surface area contributed by atoms with E-state index in [-0.39, 0.29) is 12.5 Å². The van der Waals surface area contributed by atoms with E-state index in [0.29, 0.717) is 23.6 Å². The van der Waals surface area contributed by atoms with Crippen LogP contribution in [-0.2, 0) is 21.9 Å². The third-order valence-electron chi connectivity index (χ3n) is 5.08. The highest BCUT2D eigenvalue weighted by molar-refractivity contribution is 5.65. The maximum Gasteiger partial charge on any atom is 0.237 e. The molecule has 1 aliphatic rings. The number of aromatic nitrogens is 3. The van der Waals surface area contributed by atoms with E-state index < -0.39 is 18.0 Å². The first-order valence-electron chi connectivity index (χ1n) is 8.80. The van der Waals surface area contributed by atoms with E-state index in [1.807, 2.05) is 37.3 Å². The zero-order valence-corrected chi connectivity index (χ0v) is 14.9. The van der Waals surface area contributed by atoms with Crippen molar-refractivity contribution in [2.24, 2.45) is 5.92 Å². The van der Waals surface area contributed by atoms with Crippen LogP contribution in [-0.4, -0.2) is 43.6 Å². The third-order valence-corrected chi connectivity index (χ3v) is 5.08. The van der Waals surface area contributed by atoms with E-state index in [1.165, 1.54) is 10.8 Å². The lowest BCUT2D eigenvalue weighted by Crippen LogP contribution is -2.41. The van der Waals surface area contributed by atoms with Gasteiger partial charge in [-0.3, -0.25) is 0 Å². The molecule has 8 nitrogen and oxygen atoms in total. The Kier molecular flexibility index (Phi) is 4.56. The lowest BCUT2D eigenvalue weighted by molar-refractivity contribution is -0.253. The first-order chi connectivity index (χ1) is 13.0. The van der Waals surface area contributed by atoms with E-state index in [9.17, 15) is 10.2 Å². The number of hydrogen-bond acceptors (Lipinski definition) is 7. The molecule has 4 N–H and O–H groups in total. The molecule has 1 saturated heterocycles. The molecule has 4 rings (SSSR count). The summed E-state index contributed by atoms with van der Waals surface area (Å²) in [4.78, 5) is 3.96. The molecule has 1 fully saturated rings. The minimum Gasteiger partial charge on any atom is -0.394 e. The van der Waals surface area contributed by atoms with E-state index in [4.69, 9.17) is 15.2 Å². The Hall–Kier alpha value is -2.52. The highest BCUT2D eigenvalue weighted by Crippen LogP contribution is 2.43. The van der Waals surface area contributed by atoms with Gasteiger partial charge in [-0.1, -0.05) is 37.3 Å². The second-order valence-corrected chi connectivity index (χ2v) is 6.77. The van der Waals surface area contributed by atoms with Crippen molar-refractivity contribution in [3.63, 3.8) is 0 Å². The van der Waals surface area contributed by atoms with Gasteiger partial charge in [0.1, 0.15) is 23.6 Å². The normalized spacial score (nSPS) is 28.0. The molecule has 142 valence electrons. The summed E-state index contributed by atoms with van der Waals surface area (Å²) in [5, 5.41) is 25.3. The van der Waals surface area contributed by atoms with Gasteiger partial charge in [-0.25, -0.2) is 9.50 Å². The molecule has 0 unspecified atom stereocenters. The number of benzene rings is 1. The quantitative estimate of drug-likeness (QED) is 0.615. The van der Waals surface area contributed by atoms with E-state index in [0.717, 1.165) is 5.56 Å². The van der Waals surface area contributed by atoms with Crippen LogP contribution in [0.3, 0.4) is 0 Å². The maximum atomic E-state index is 11.5. The zero-order chi connectivity index (χ0) is 19.0. The van der Waals surface area contributed by atoms with Crippen LogP contribution in [0.4, 0.5) is 5.82 Å². The van der Waals surface area contributed by atoms with Crippen molar-refractivity contribution in [3.8, 4) is 0 Å². The SMILES string of the molecule is C[C@H]1[C@@H](OCc2ccccc2)[C@](O)(c2ccc3c(N)ncnn23)O[C@@H]1CO. The first-order valence-corrected chi connectivity index (χ1v) is 8.80. The largest absolute Gasteiger partial charge is 0.394 e. The van der Waals surface area contributed by atoms with E-state index >= 15 is 0 Å². The summed E-state index contributed by atoms with van der Waals surface area (Å²) in [6.45, 7) is 1.96. The van der Waals surface area contributed by atoms with Crippen LogP contribution in [0.25, 0.3) is 5.52 Å². The highest BCUT2D eigenvalue weighted by Gasteiger charge is 2.55. The van der Waals surface area contributed by atoms with Gasteiger partial charge in [0.25, 0.3) is 0 Å². The summed E-state index contributed by atoms with van der Waals surface area (Å²) < 4.78 is 13.4. The molecule has 4 atom stereocenters. The number of anilines is 1. The fourth-order valence-corrected chi connectivity index (χ4v) is 3.62. The van der Waals surface area contributed by atoms with Gasteiger partial charge in [0.05, 0.1) is 19.3 Å². The van der Waals surface area contributed by atoms with Crippen molar-refractivity contribution in [2.75, 3.05) is 12.3 Å². The van der Waals surface area contributed by atoms with Crippen molar-refractivity contribution in [3.05, 3.63) is 60.0 Å².